The molecule has 7 rings (SSSR count). The third-order valence-electron chi connectivity index (χ3n) is 10.9. The molecule has 0 amide bonds. The second-order valence-corrected chi connectivity index (χ2v) is 26.3. The zero-order chi connectivity index (χ0) is 35.0. The Kier molecular flexibility index (Phi) is 9.42. The van der Waals surface area contributed by atoms with Crippen molar-refractivity contribution in [2.45, 2.75) is 81.3 Å². The van der Waals surface area contributed by atoms with Crippen LogP contribution in [0.1, 0.15) is 43.9 Å². The second-order valence-electron chi connectivity index (χ2n) is 16.6. The maximum Gasteiger partial charge on any atom is 0.261 e. The van der Waals surface area contributed by atoms with Crippen LogP contribution in [0.15, 0.2) is 152 Å². The summed E-state index contributed by atoms with van der Waals surface area (Å²) >= 11 is 0. The van der Waals surface area contributed by atoms with Gasteiger partial charge >= 0.3 is 0 Å². The van der Waals surface area contributed by atoms with E-state index in [2.05, 4.69) is 192 Å². The summed E-state index contributed by atoms with van der Waals surface area (Å²) in [6.45, 7) is 15.0. The highest BCUT2D eigenvalue weighted by molar-refractivity contribution is 6.99. The third kappa shape index (κ3) is 6.28. The Hall–Kier alpha value is -3.59. The minimum atomic E-state index is -2.82. The highest BCUT2D eigenvalue weighted by Gasteiger charge is 2.71. The van der Waals surface area contributed by atoms with Crippen molar-refractivity contribution in [1.29, 1.82) is 0 Å². The fourth-order valence-electron chi connectivity index (χ4n) is 8.89. The van der Waals surface area contributed by atoms with E-state index >= 15 is 0 Å². The lowest BCUT2D eigenvalue weighted by Gasteiger charge is -2.47. The summed E-state index contributed by atoms with van der Waals surface area (Å²) in [6.07, 6.45) is 1.06. The van der Waals surface area contributed by atoms with Gasteiger partial charge in [0.2, 0.25) is 0 Å². The van der Waals surface area contributed by atoms with Crippen molar-refractivity contribution < 1.29 is 13.9 Å². The summed E-state index contributed by atoms with van der Waals surface area (Å²) in [5, 5.41) is 2.50. The number of ether oxygens (including phenoxy) is 2. The summed E-state index contributed by atoms with van der Waals surface area (Å²) in [5.74, 6) is 0.0661. The SMILES string of the molecule is CC(C)(C)[Si](OC1CC2OC2(C[Si](C)(C)C)C1COC(c1ccccc1)(c1ccccc1)c1ccccc1)(c1ccccc1)c1ccccc1. The Balaban J connectivity index is 1.36. The minimum Gasteiger partial charge on any atom is -0.404 e. The summed E-state index contributed by atoms with van der Waals surface area (Å²) in [4.78, 5) is 0. The first-order valence-electron chi connectivity index (χ1n) is 18.3. The van der Waals surface area contributed by atoms with Crippen molar-refractivity contribution in [1.82, 2.24) is 0 Å². The molecule has 5 aromatic rings. The van der Waals surface area contributed by atoms with Gasteiger partial charge in [0.15, 0.2) is 0 Å². The highest BCUT2D eigenvalue weighted by Crippen LogP contribution is 2.60. The number of hydrogen-bond acceptors (Lipinski definition) is 3. The number of fused-ring (bicyclic) bond motifs is 1. The predicted octanol–water partition coefficient (Wildman–Crippen LogP) is 9.44. The van der Waals surface area contributed by atoms with Gasteiger partial charge in [-0.1, -0.05) is 192 Å². The van der Waals surface area contributed by atoms with Gasteiger partial charge in [-0.25, -0.2) is 0 Å². The molecule has 50 heavy (non-hydrogen) atoms. The fraction of sp³-hybridized carbons (Fsp3) is 0.333. The van der Waals surface area contributed by atoms with Crippen molar-refractivity contribution in [3.05, 3.63) is 168 Å². The third-order valence-corrected chi connectivity index (χ3v) is 17.6. The van der Waals surface area contributed by atoms with E-state index in [0.29, 0.717) is 6.61 Å². The Morgan fingerprint density at radius 1 is 0.620 bits per heavy atom. The van der Waals surface area contributed by atoms with Crippen molar-refractivity contribution in [3.63, 3.8) is 0 Å². The molecular weight excluding hydrogens is 645 g/mol. The molecule has 0 N–H and O–H groups in total. The zero-order valence-corrected chi connectivity index (χ0v) is 32.5. The van der Waals surface area contributed by atoms with E-state index in [-0.39, 0.29) is 28.8 Å². The topological polar surface area (TPSA) is 31.0 Å². The van der Waals surface area contributed by atoms with Crippen LogP contribution >= 0.6 is 0 Å². The van der Waals surface area contributed by atoms with Gasteiger partial charge < -0.3 is 13.9 Å². The first-order valence-corrected chi connectivity index (χ1v) is 23.9. The maximum absolute atomic E-state index is 7.97. The zero-order valence-electron chi connectivity index (χ0n) is 30.5. The van der Waals surface area contributed by atoms with E-state index in [1.165, 1.54) is 10.4 Å². The van der Waals surface area contributed by atoms with Crippen LogP contribution in [0, 0.1) is 5.92 Å². The van der Waals surface area contributed by atoms with Crippen LogP contribution in [-0.2, 0) is 19.5 Å². The van der Waals surface area contributed by atoms with E-state index < -0.39 is 22.0 Å². The Labute approximate surface area is 301 Å². The summed E-state index contributed by atoms with van der Waals surface area (Å²) in [7, 11) is -4.36. The van der Waals surface area contributed by atoms with Crippen LogP contribution in [-0.4, -0.2) is 40.8 Å². The lowest BCUT2D eigenvalue weighted by Crippen LogP contribution is -2.68. The number of rotatable bonds is 12. The summed E-state index contributed by atoms with van der Waals surface area (Å²) in [5.41, 5.74) is 2.31. The van der Waals surface area contributed by atoms with E-state index in [4.69, 9.17) is 13.9 Å². The first kappa shape index (κ1) is 34.8. The number of benzene rings is 5. The molecule has 2 fully saturated rings. The quantitative estimate of drug-likeness (QED) is 0.0740. The molecule has 4 atom stereocenters. The van der Waals surface area contributed by atoms with Crippen LogP contribution < -0.4 is 10.4 Å². The van der Waals surface area contributed by atoms with Gasteiger partial charge in [0, 0.05) is 20.4 Å². The summed E-state index contributed by atoms with van der Waals surface area (Å²) < 4.78 is 22.4. The average Bonchev–Trinajstić information content (AvgIpc) is 3.72. The second kappa shape index (κ2) is 13.5. The lowest BCUT2D eigenvalue weighted by atomic mass is 9.80. The van der Waals surface area contributed by atoms with Crippen molar-refractivity contribution in [2.24, 2.45) is 5.92 Å². The highest BCUT2D eigenvalue weighted by atomic mass is 28.4. The molecule has 5 heteroatoms. The molecule has 1 aliphatic carbocycles. The van der Waals surface area contributed by atoms with E-state index in [9.17, 15) is 0 Å². The number of epoxide rings is 1. The minimum absolute atomic E-state index is 0.0172. The van der Waals surface area contributed by atoms with Gasteiger partial charge in [-0.15, -0.1) is 0 Å². The van der Waals surface area contributed by atoms with Crippen molar-refractivity contribution in [2.75, 3.05) is 6.61 Å². The summed E-state index contributed by atoms with van der Waals surface area (Å²) in [6, 6.07) is 55.4. The molecule has 0 spiro atoms. The molecule has 3 nitrogen and oxygen atoms in total. The Morgan fingerprint density at radius 3 is 1.40 bits per heavy atom. The van der Waals surface area contributed by atoms with Gasteiger partial charge in [0.05, 0.1) is 24.4 Å². The van der Waals surface area contributed by atoms with Gasteiger partial charge in [0.25, 0.3) is 8.32 Å². The van der Waals surface area contributed by atoms with E-state index in [0.717, 1.165) is 29.2 Å². The largest absolute Gasteiger partial charge is 0.404 e. The molecule has 0 radical (unpaired) electrons. The van der Waals surface area contributed by atoms with Crippen LogP contribution in [0.3, 0.4) is 0 Å². The standard InChI is InChI=1S/C45H52O3Si2/c1-43(2,3)50(38-28-18-10-19-29-38,39-30-20-11-21-31-39)48-41-32-42-44(47-42,34-49(4,5)6)40(41)33-46-45(35-22-12-7-13-23-35,36-24-14-8-15-25-36)37-26-16-9-17-27-37/h7-31,40-42H,32-34H2,1-6H3. The molecule has 1 aliphatic heterocycles. The lowest BCUT2D eigenvalue weighted by molar-refractivity contribution is -0.0537. The van der Waals surface area contributed by atoms with E-state index in [1.54, 1.807) is 0 Å². The molecule has 0 aromatic heterocycles. The van der Waals surface area contributed by atoms with Crippen LogP contribution in [0.4, 0.5) is 0 Å². The monoisotopic (exact) mass is 696 g/mol. The molecular formula is C45H52O3Si2. The molecule has 2 aliphatic rings. The molecule has 4 unspecified atom stereocenters. The van der Waals surface area contributed by atoms with Crippen LogP contribution in [0.5, 0.6) is 0 Å². The fourth-order valence-corrected chi connectivity index (χ4v) is 15.9. The Bertz CT molecular complexity index is 1700. The predicted molar refractivity (Wildman–Crippen MR) is 212 cm³/mol. The van der Waals surface area contributed by atoms with Gasteiger partial charge in [-0.05, 0) is 38.1 Å². The average molecular weight is 697 g/mol. The van der Waals surface area contributed by atoms with Crippen molar-refractivity contribution in [3.8, 4) is 0 Å². The molecule has 1 saturated heterocycles. The molecule has 0 bridgehead atoms. The van der Waals surface area contributed by atoms with Crippen molar-refractivity contribution >= 4 is 26.8 Å². The van der Waals surface area contributed by atoms with E-state index in [1.807, 2.05) is 0 Å². The first-order chi connectivity index (χ1) is 24.0. The normalized spacial score (nSPS) is 22.2. The Morgan fingerprint density at radius 2 is 1.02 bits per heavy atom. The van der Waals surface area contributed by atoms with Gasteiger partial charge in [-0.2, -0.15) is 0 Å². The molecule has 5 aromatic carbocycles. The smallest absolute Gasteiger partial charge is 0.261 e. The molecule has 258 valence electrons. The molecule has 1 saturated carbocycles. The number of hydrogen-bond donors (Lipinski definition) is 0. The maximum atomic E-state index is 7.97. The van der Waals surface area contributed by atoms with Gasteiger partial charge in [-0.3, -0.25) is 0 Å². The van der Waals surface area contributed by atoms with Gasteiger partial charge in [0.1, 0.15) is 5.60 Å². The van der Waals surface area contributed by atoms with Crippen LogP contribution in [0.2, 0.25) is 30.7 Å². The van der Waals surface area contributed by atoms with Crippen LogP contribution in [0.25, 0.3) is 0 Å². The molecule has 1 heterocycles.